The minimum Gasteiger partial charge on any atom is -0.482 e. The number of imidazole rings is 1. The molecule has 3 aromatic rings. The minimum absolute atomic E-state index is 0.172. The number of likely N-dealkylation sites (tertiary alicyclic amines) is 1. The minimum atomic E-state index is -0.524. The number of benzene rings is 2. The monoisotopic (exact) mass is 477 g/mol. The van der Waals surface area contributed by atoms with Gasteiger partial charge >= 0.3 is 5.69 Å². The maximum atomic E-state index is 14.7. The number of β-amino-alcohol motifs (C(OH)–C–C–N with tert-alkyl or cyclic N) is 1. The number of aryl methyl sites for hydroxylation is 1. The van der Waals surface area contributed by atoms with Crippen molar-refractivity contribution in [3.63, 3.8) is 0 Å². The maximum Gasteiger partial charge on any atom is 0.332 e. The fourth-order valence-electron chi connectivity index (χ4n) is 4.68. The second-order valence-electron chi connectivity index (χ2n) is 8.38. The molecule has 1 unspecified atom stereocenters. The molecule has 32 heavy (non-hydrogen) atoms. The first-order chi connectivity index (χ1) is 15.3. The highest BCUT2D eigenvalue weighted by Gasteiger charge is 2.42. The lowest BCUT2D eigenvalue weighted by Crippen LogP contribution is -2.39. The molecule has 2 heterocycles. The smallest absolute Gasteiger partial charge is 0.332 e. The standard InChI is InChI=1S/C23H22Cl2FN3O3/c1-27-6-7-29(23(27)31)14-2-3-18(25)21(10-14)32-22-17-8-13(24)9-19(26)16(17)11-20(22)28-5-4-15(30)12-28/h2-3,6-10,15,20,22,30H,4-5,11-12H2,1H3/t15?,20-,22-/m0/s1. The van der Waals surface area contributed by atoms with E-state index in [2.05, 4.69) is 4.90 Å². The quantitative estimate of drug-likeness (QED) is 0.621. The van der Waals surface area contributed by atoms with Crippen molar-refractivity contribution in [2.45, 2.75) is 31.1 Å². The van der Waals surface area contributed by atoms with Crippen molar-refractivity contribution in [1.82, 2.24) is 14.0 Å². The van der Waals surface area contributed by atoms with E-state index in [1.165, 1.54) is 15.2 Å². The fraction of sp³-hybridized carbons (Fsp3) is 0.348. The van der Waals surface area contributed by atoms with Crippen LogP contribution in [0.1, 0.15) is 23.7 Å². The van der Waals surface area contributed by atoms with E-state index in [1.54, 1.807) is 43.7 Å². The number of rotatable bonds is 4. The molecule has 1 N–H and O–H groups in total. The summed E-state index contributed by atoms with van der Waals surface area (Å²) in [4.78, 5) is 14.5. The van der Waals surface area contributed by atoms with Crippen LogP contribution in [-0.2, 0) is 13.5 Å². The Bertz CT molecular complexity index is 1240. The number of aliphatic hydroxyl groups is 1. The third-order valence-corrected chi connectivity index (χ3v) is 6.85. The van der Waals surface area contributed by atoms with Crippen LogP contribution in [0.15, 0.2) is 47.5 Å². The van der Waals surface area contributed by atoms with Crippen molar-refractivity contribution in [3.05, 3.63) is 80.2 Å². The van der Waals surface area contributed by atoms with E-state index in [0.29, 0.717) is 58.5 Å². The van der Waals surface area contributed by atoms with Crippen molar-refractivity contribution >= 4 is 23.2 Å². The zero-order valence-corrected chi connectivity index (χ0v) is 18.9. The number of nitrogens with zero attached hydrogens (tertiary/aromatic N) is 3. The zero-order valence-electron chi connectivity index (χ0n) is 17.3. The van der Waals surface area contributed by atoms with E-state index in [0.717, 1.165) is 0 Å². The molecule has 0 amide bonds. The number of aromatic nitrogens is 2. The average Bonchev–Trinajstić information content (AvgIpc) is 3.42. The van der Waals surface area contributed by atoms with Crippen LogP contribution < -0.4 is 10.4 Å². The van der Waals surface area contributed by atoms with E-state index in [9.17, 15) is 14.3 Å². The summed E-state index contributed by atoms with van der Waals surface area (Å²) in [7, 11) is 1.68. The number of aliphatic hydroxyl groups excluding tert-OH is 1. The lowest BCUT2D eigenvalue weighted by molar-refractivity contribution is 0.0818. The van der Waals surface area contributed by atoms with Crippen LogP contribution in [-0.4, -0.2) is 44.4 Å². The molecule has 1 saturated heterocycles. The number of fused-ring (bicyclic) bond motifs is 1. The summed E-state index contributed by atoms with van der Waals surface area (Å²) in [5, 5.41) is 10.7. The van der Waals surface area contributed by atoms with Crippen molar-refractivity contribution in [1.29, 1.82) is 0 Å². The molecule has 1 fully saturated rings. The molecule has 2 aliphatic rings. The van der Waals surface area contributed by atoms with Crippen molar-refractivity contribution in [2.24, 2.45) is 7.05 Å². The van der Waals surface area contributed by atoms with Gasteiger partial charge in [0, 0.05) is 49.2 Å². The first-order valence-electron chi connectivity index (χ1n) is 10.4. The van der Waals surface area contributed by atoms with Gasteiger partial charge in [0.1, 0.15) is 17.7 Å². The molecule has 1 aliphatic carbocycles. The summed E-state index contributed by atoms with van der Waals surface area (Å²) < 4.78 is 24.1. The van der Waals surface area contributed by atoms with Crippen LogP contribution >= 0.6 is 23.2 Å². The highest BCUT2D eigenvalue weighted by Crippen LogP contribution is 2.43. The van der Waals surface area contributed by atoms with Gasteiger partial charge in [-0.05, 0) is 42.7 Å². The normalized spacial score (nSPS) is 23.0. The molecule has 2 aromatic carbocycles. The van der Waals surface area contributed by atoms with Gasteiger partial charge in [0.15, 0.2) is 0 Å². The largest absolute Gasteiger partial charge is 0.482 e. The summed E-state index contributed by atoms with van der Waals surface area (Å²) in [6.45, 7) is 1.20. The SMILES string of the molecule is Cn1ccn(-c2ccc(Cl)c(O[C@H]3c4cc(Cl)cc(F)c4C[C@@H]3N3CCC(O)C3)c2)c1=O. The Morgan fingerprint density at radius 3 is 2.69 bits per heavy atom. The van der Waals surface area contributed by atoms with E-state index in [4.69, 9.17) is 27.9 Å². The Labute approximate surface area is 194 Å². The Morgan fingerprint density at radius 2 is 2.00 bits per heavy atom. The van der Waals surface area contributed by atoms with E-state index in [-0.39, 0.29) is 17.5 Å². The first kappa shape index (κ1) is 21.5. The third kappa shape index (κ3) is 3.73. The lowest BCUT2D eigenvalue weighted by Gasteiger charge is -2.30. The van der Waals surface area contributed by atoms with Crippen LogP contribution in [0.25, 0.3) is 5.69 Å². The Morgan fingerprint density at radius 1 is 1.19 bits per heavy atom. The van der Waals surface area contributed by atoms with Gasteiger partial charge in [-0.1, -0.05) is 23.2 Å². The molecule has 0 saturated carbocycles. The molecule has 1 aliphatic heterocycles. The van der Waals surface area contributed by atoms with Gasteiger partial charge in [0.25, 0.3) is 0 Å². The van der Waals surface area contributed by atoms with Crippen LogP contribution in [0, 0.1) is 5.82 Å². The first-order valence-corrected chi connectivity index (χ1v) is 11.2. The molecule has 1 aromatic heterocycles. The number of halogens is 3. The van der Waals surface area contributed by atoms with Gasteiger partial charge in [-0.25, -0.2) is 9.18 Å². The second-order valence-corrected chi connectivity index (χ2v) is 9.22. The molecular weight excluding hydrogens is 456 g/mol. The Hall–Kier alpha value is -2.32. The Balaban J connectivity index is 1.54. The van der Waals surface area contributed by atoms with E-state index in [1.807, 2.05) is 0 Å². The van der Waals surface area contributed by atoms with Crippen LogP contribution in [0.5, 0.6) is 5.75 Å². The number of ether oxygens (including phenoxy) is 1. The zero-order chi connectivity index (χ0) is 22.6. The molecule has 6 nitrogen and oxygen atoms in total. The van der Waals surface area contributed by atoms with Gasteiger partial charge in [0.05, 0.1) is 22.9 Å². The predicted molar refractivity (Wildman–Crippen MR) is 120 cm³/mol. The molecule has 0 radical (unpaired) electrons. The van der Waals surface area contributed by atoms with Crippen molar-refractivity contribution < 1.29 is 14.2 Å². The van der Waals surface area contributed by atoms with Gasteiger partial charge in [-0.2, -0.15) is 0 Å². The topological polar surface area (TPSA) is 59.6 Å². The van der Waals surface area contributed by atoms with Crippen LogP contribution in [0.4, 0.5) is 4.39 Å². The van der Waals surface area contributed by atoms with Gasteiger partial charge in [-0.3, -0.25) is 9.47 Å². The average molecular weight is 478 g/mol. The summed E-state index contributed by atoms with van der Waals surface area (Å²) in [5.74, 6) is 0.0296. The number of hydrogen-bond acceptors (Lipinski definition) is 4. The second kappa shape index (κ2) is 8.23. The summed E-state index contributed by atoms with van der Waals surface area (Å²) in [6, 6.07) is 8.00. The fourth-order valence-corrected chi connectivity index (χ4v) is 5.05. The predicted octanol–water partition coefficient (Wildman–Crippen LogP) is 3.73. The van der Waals surface area contributed by atoms with Crippen LogP contribution in [0.3, 0.4) is 0 Å². The molecule has 9 heteroatoms. The molecule has 168 valence electrons. The van der Waals surface area contributed by atoms with Gasteiger partial charge in [-0.15, -0.1) is 0 Å². The van der Waals surface area contributed by atoms with Crippen LogP contribution in [0.2, 0.25) is 10.0 Å². The van der Waals surface area contributed by atoms with Crippen molar-refractivity contribution in [2.75, 3.05) is 13.1 Å². The Kier molecular flexibility index (Phi) is 5.53. The number of hydrogen-bond donors (Lipinski definition) is 1. The molecule has 5 rings (SSSR count). The lowest BCUT2D eigenvalue weighted by atomic mass is 10.1. The summed E-state index contributed by atoms with van der Waals surface area (Å²) in [6.07, 6.45) is 3.52. The molecule has 0 spiro atoms. The highest BCUT2D eigenvalue weighted by atomic mass is 35.5. The highest BCUT2D eigenvalue weighted by molar-refractivity contribution is 6.32. The maximum absolute atomic E-state index is 14.7. The van der Waals surface area contributed by atoms with E-state index < -0.39 is 12.2 Å². The van der Waals surface area contributed by atoms with Gasteiger partial charge in [0.2, 0.25) is 0 Å². The van der Waals surface area contributed by atoms with E-state index >= 15 is 0 Å². The molecular formula is C23H22Cl2FN3O3. The van der Waals surface area contributed by atoms with Gasteiger partial charge < -0.3 is 14.4 Å². The summed E-state index contributed by atoms with van der Waals surface area (Å²) >= 11 is 12.6. The molecule has 0 bridgehead atoms. The molecule has 3 atom stereocenters. The third-order valence-electron chi connectivity index (χ3n) is 6.32. The summed E-state index contributed by atoms with van der Waals surface area (Å²) in [5.41, 5.74) is 1.66. The van der Waals surface area contributed by atoms with Crippen molar-refractivity contribution in [3.8, 4) is 11.4 Å².